The first kappa shape index (κ1) is 21.2. The second-order valence-corrected chi connectivity index (χ2v) is 8.70. The Balaban J connectivity index is 0.00000112. The topological polar surface area (TPSA) is 18.1 Å². The van der Waals surface area contributed by atoms with Gasteiger partial charge in [-0.2, -0.15) is 0 Å². The van der Waals surface area contributed by atoms with E-state index in [1.807, 2.05) is 13.8 Å². The smallest absolute Gasteiger partial charge is 0.136 e. The number of benzene rings is 5. The van der Waals surface area contributed by atoms with Crippen molar-refractivity contribution < 1.29 is 4.42 Å². The van der Waals surface area contributed by atoms with Crippen LogP contribution in [0.15, 0.2) is 114 Å². The zero-order valence-electron chi connectivity index (χ0n) is 20.2. The lowest BCUT2D eigenvalue weighted by molar-refractivity contribution is 0.669. The molecule has 0 spiro atoms. The van der Waals surface area contributed by atoms with E-state index >= 15 is 0 Å². The summed E-state index contributed by atoms with van der Waals surface area (Å²) in [4.78, 5) is 0. The lowest BCUT2D eigenvalue weighted by Gasteiger charge is -2.08. The lowest BCUT2D eigenvalue weighted by Crippen LogP contribution is -1.92. The van der Waals surface area contributed by atoms with Gasteiger partial charge in [-0.1, -0.05) is 80.1 Å². The van der Waals surface area contributed by atoms with Crippen molar-refractivity contribution >= 4 is 43.7 Å². The third-order valence-corrected chi connectivity index (χ3v) is 6.65. The van der Waals surface area contributed by atoms with Gasteiger partial charge in [0.2, 0.25) is 0 Å². The van der Waals surface area contributed by atoms with E-state index in [9.17, 15) is 0 Å². The molecule has 0 radical (unpaired) electrons. The molecule has 7 aromatic rings. The predicted molar refractivity (Wildman–Crippen MR) is 150 cm³/mol. The molecular formula is C33H27NO. The number of rotatable bonds is 2. The van der Waals surface area contributed by atoms with Crippen LogP contribution >= 0.6 is 0 Å². The maximum atomic E-state index is 6.19. The van der Waals surface area contributed by atoms with Crippen molar-refractivity contribution in [2.24, 2.45) is 0 Å². The monoisotopic (exact) mass is 453 g/mol. The molecule has 0 saturated heterocycles. The van der Waals surface area contributed by atoms with Crippen molar-refractivity contribution in [2.75, 3.05) is 0 Å². The van der Waals surface area contributed by atoms with Gasteiger partial charge in [-0.15, -0.1) is 0 Å². The molecule has 0 aliphatic heterocycles. The number of hydrogen-bond donors (Lipinski definition) is 0. The van der Waals surface area contributed by atoms with Gasteiger partial charge in [-0.3, -0.25) is 0 Å². The summed E-state index contributed by atoms with van der Waals surface area (Å²) >= 11 is 0. The number of fused-ring (bicyclic) bond motifs is 6. The Labute approximate surface area is 205 Å². The first-order valence-corrected chi connectivity index (χ1v) is 12.3. The first-order chi connectivity index (χ1) is 17.3. The maximum Gasteiger partial charge on any atom is 0.136 e. The molecule has 0 fully saturated rings. The molecule has 5 aromatic carbocycles. The molecular weight excluding hydrogens is 426 g/mol. The number of para-hydroxylation sites is 2. The molecule has 0 unspecified atom stereocenters. The number of hydrogen-bond acceptors (Lipinski definition) is 1. The zero-order chi connectivity index (χ0) is 23.9. The number of nitrogens with zero attached hydrogens (tertiary/aromatic N) is 1. The van der Waals surface area contributed by atoms with Gasteiger partial charge in [-0.25, -0.2) is 0 Å². The van der Waals surface area contributed by atoms with Gasteiger partial charge in [0.05, 0.1) is 11.0 Å². The van der Waals surface area contributed by atoms with E-state index in [0.717, 1.165) is 11.2 Å². The third kappa shape index (κ3) is 3.33. The maximum absolute atomic E-state index is 6.19. The van der Waals surface area contributed by atoms with Gasteiger partial charge < -0.3 is 8.98 Å². The molecule has 7 rings (SSSR count). The molecule has 0 bridgehead atoms. The Hall–Kier alpha value is -4.30. The second kappa shape index (κ2) is 8.48. The standard InChI is InChI=1S/C31H21NO.C2H6/c1-20-14-17-29-26(18-20)31-23(11-7-13-30(31)33-29)21-15-16-28-25(19-21)24-10-5-6-12-27(24)32(28)22-8-3-2-4-9-22;1-2/h2-19H,1H3;1-2H3. The van der Waals surface area contributed by atoms with Gasteiger partial charge in [0.1, 0.15) is 11.2 Å². The molecule has 0 saturated carbocycles. The molecule has 170 valence electrons. The van der Waals surface area contributed by atoms with Gasteiger partial charge in [-0.05, 0) is 66.6 Å². The fourth-order valence-electron chi connectivity index (χ4n) is 5.18. The summed E-state index contributed by atoms with van der Waals surface area (Å²) < 4.78 is 8.54. The largest absolute Gasteiger partial charge is 0.456 e. The van der Waals surface area contributed by atoms with E-state index < -0.39 is 0 Å². The molecule has 2 nitrogen and oxygen atoms in total. The minimum Gasteiger partial charge on any atom is -0.456 e. The SMILES string of the molecule is CC.Cc1ccc2oc3cccc(-c4ccc5c(c4)c4ccccc4n5-c4ccccc4)c3c2c1. The summed E-state index contributed by atoms with van der Waals surface area (Å²) in [6.07, 6.45) is 0. The highest BCUT2D eigenvalue weighted by molar-refractivity contribution is 6.15. The molecule has 2 heteroatoms. The summed E-state index contributed by atoms with van der Waals surface area (Å²) in [7, 11) is 0. The molecule has 0 aliphatic rings. The highest BCUT2D eigenvalue weighted by atomic mass is 16.3. The summed E-state index contributed by atoms with van der Waals surface area (Å²) in [6, 6.07) is 38.8. The van der Waals surface area contributed by atoms with Gasteiger partial charge in [0.15, 0.2) is 0 Å². The van der Waals surface area contributed by atoms with Crippen LogP contribution in [0.2, 0.25) is 0 Å². The fraction of sp³-hybridized carbons (Fsp3) is 0.0909. The molecule has 2 aromatic heterocycles. The number of furan rings is 1. The molecule has 0 aliphatic carbocycles. The summed E-state index contributed by atoms with van der Waals surface area (Å²) in [5, 5.41) is 4.88. The Kier molecular flexibility index (Phi) is 5.15. The van der Waals surface area contributed by atoms with E-state index in [0.29, 0.717) is 0 Å². The van der Waals surface area contributed by atoms with E-state index in [1.54, 1.807) is 0 Å². The highest BCUT2D eigenvalue weighted by Crippen LogP contribution is 2.40. The number of aromatic nitrogens is 1. The Morgan fingerprint density at radius 1 is 0.571 bits per heavy atom. The second-order valence-electron chi connectivity index (χ2n) is 8.70. The van der Waals surface area contributed by atoms with Crippen LogP contribution in [-0.2, 0) is 0 Å². The fourth-order valence-corrected chi connectivity index (χ4v) is 5.18. The van der Waals surface area contributed by atoms with Crippen molar-refractivity contribution in [3.63, 3.8) is 0 Å². The van der Waals surface area contributed by atoms with Crippen LogP contribution in [0.3, 0.4) is 0 Å². The average Bonchev–Trinajstić information content (AvgIpc) is 3.45. The van der Waals surface area contributed by atoms with E-state index in [-0.39, 0.29) is 0 Å². The van der Waals surface area contributed by atoms with E-state index in [2.05, 4.69) is 121 Å². The van der Waals surface area contributed by atoms with E-state index in [4.69, 9.17) is 4.42 Å². The minimum atomic E-state index is 0.930. The van der Waals surface area contributed by atoms with Crippen molar-refractivity contribution in [2.45, 2.75) is 20.8 Å². The molecule has 0 amide bonds. The molecule has 0 N–H and O–H groups in total. The van der Waals surface area contributed by atoms with Gasteiger partial charge in [0, 0.05) is 27.2 Å². The van der Waals surface area contributed by atoms with Gasteiger partial charge >= 0.3 is 0 Å². The van der Waals surface area contributed by atoms with E-state index in [1.165, 1.54) is 55.0 Å². The third-order valence-electron chi connectivity index (χ3n) is 6.65. The Morgan fingerprint density at radius 2 is 1.34 bits per heavy atom. The summed E-state index contributed by atoms with van der Waals surface area (Å²) in [5.41, 5.74) is 9.12. The Morgan fingerprint density at radius 3 is 2.20 bits per heavy atom. The van der Waals surface area contributed by atoms with Crippen molar-refractivity contribution in [3.8, 4) is 16.8 Å². The zero-order valence-corrected chi connectivity index (χ0v) is 20.2. The van der Waals surface area contributed by atoms with Crippen LogP contribution in [0.25, 0.3) is 60.6 Å². The van der Waals surface area contributed by atoms with Crippen LogP contribution in [0.4, 0.5) is 0 Å². The van der Waals surface area contributed by atoms with Crippen LogP contribution in [0.1, 0.15) is 19.4 Å². The normalized spacial score (nSPS) is 11.3. The van der Waals surface area contributed by atoms with Crippen LogP contribution in [0, 0.1) is 6.92 Å². The first-order valence-electron chi connectivity index (χ1n) is 12.3. The van der Waals surface area contributed by atoms with Crippen molar-refractivity contribution in [1.82, 2.24) is 4.57 Å². The van der Waals surface area contributed by atoms with Crippen LogP contribution in [-0.4, -0.2) is 4.57 Å². The van der Waals surface area contributed by atoms with Crippen LogP contribution < -0.4 is 0 Å². The van der Waals surface area contributed by atoms with Crippen LogP contribution in [0.5, 0.6) is 0 Å². The average molecular weight is 454 g/mol. The highest BCUT2D eigenvalue weighted by Gasteiger charge is 2.16. The van der Waals surface area contributed by atoms with Crippen molar-refractivity contribution in [1.29, 1.82) is 0 Å². The van der Waals surface area contributed by atoms with Gasteiger partial charge in [0.25, 0.3) is 0 Å². The quantitative estimate of drug-likeness (QED) is 0.255. The number of aryl methyl sites for hydroxylation is 1. The summed E-state index contributed by atoms with van der Waals surface area (Å²) in [6.45, 7) is 6.13. The predicted octanol–water partition coefficient (Wildman–Crippen LogP) is 9.68. The molecule has 0 atom stereocenters. The molecule has 2 heterocycles. The lowest BCUT2D eigenvalue weighted by atomic mass is 9.97. The Bertz CT molecular complexity index is 1820. The molecule has 35 heavy (non-hydrogen) atoms. The minimum absolute atomic E-state index is 0.930. The van der Waals surface area contributed by atoms with Crippen molar-refractivity contribution in [3.05, 3.63) is 115 Å². The summed E-state index contributed by atoms with van der Waals surface area (Å²) in [5.74, 6) is 0.